The van der Waals surface area contributed by atoms with E-state index in [0.717, 1.165) is 12.1 Å². The Bertz CT molecular complexity index is 721. The van der Waals surface area contributed by atoms with Crippen molar-refractivity contribution in [3.63, 3.8) is 0 Å². The van der Waals surface area contributed by atoms with Crippen LogP contribution in [0.1, 0.15) is 56.8 Å². The highest BCUT2D eigenvalue weighted by molar-refractivity contribution is 5.96. The lowest BCUT2D eigenvalue weighted by Gasteiger charge is -2.46. The summed E-state index contributed by atoms with van der Waals surface area (Å²) in [6, 6.07) is 8.20. The van der Waals surface area contributed by atoms with Crippen molar-refractivity contribution in [2.45, 2.75) is 58.4 Å². The third-order valence-electron chi connectivity index (χ3n) is 4.49. The topological polar surface area (TPSA) is 59.2 Å². The van der Waals surface area contributed by atoms with E-state index in [0.29, 0.717) is 30.5 Å². The first-order valence-electron chi connectivity index (χ1n) is 8.09. The Morgan fingerprint density at radius 2 is 2.13 bits per heavy atom. The molecule has 3 rings (SSSR count). The van der Waals surface area contributed by atoms with E-state index in [2.05, 4.69) is 37.0 Å². The molecule has 1 aliphatic heterocycles. The van der Waals surface area contributed by atoms with Gasteiger partial charge in [0, 0.05) is 24.1 Å². The van der Waals surface area contributed by atoms with E-state index in [1.165, 1.54) is 5.56 Å². The summed E-state index contributed by atoms with van der Waals surface area (Å²) in [4.78, 5) is 19.0. The maximum Gasteiger partial charge on any atom is 0.228 e. The van der Waals surface area contributed by atoms with Crippen LogP contribution >= 0.6 is 0 Å². The SMILES string of the molecule is Cc1noc(CCC(=O)N2c3ccccc3C(C)CC2(C)C)n1. The third-order valence-corrected chi connectivity index (χ3v) is 4.49. The molecule has 1 aromatic carbocycles. The predicted molar refractivity (Wildman–Crippen MR) is 88.4 cm³/mol. The Balaban J connectivity index is 1.84. The van der Waals surface area contributed by atoms with Crippen LogP contribution in [0, 0.1) is 6.92 Å². The molecule has 0 saturated carbocycles. The summed E-state index contributed by atoms with van der Waals surface area (Å²) in [5.74, 6) is 1.67. The molecule has 1 atom stereocenters. The minimum atomic E-state index is -0.199. The zero-order valence-corrected chi connectivity index (χ0v) is 14.2. The van der Waals surface area contributed by atoms with Gasteiger partial charge in [-0.1, -0.05) is 30.3 Å². The van der Waals surface area contributed by atoms with Gasteiger partial charge in [0.1, 0.15) is 0 Å². The van der Waals surface area contributed by atoms with Gasteiger partial charge in [-0.3, -0.25) is 4.79 Å². The number of para-hydroxylation sites is 1. The molecule has 5 nitrogen and oxygen atoms in total. The molecule has 1 aromatic heterocycles. The number of carbonyl (C=O) groups is 1. The molecular weight excluding hydrogens is 290 g/mol. The fraction of sp³-hybridized carbons (Fsp3) is 0.500. The number of rotatable bonds is 3. The maximum absolute atomic E-state index is 12.9. The highest BCUT2D eigenvalue weighted by Gasteiger charge is 2.39. The first-order valence-corrected chi connectivity index (χ1v) is 8.09. The lowest BCUT2D eigenvalue weighted by molar-refractivity contribution is -0.119. The van der Waals surface area contributed by atoms with Crippen molar-refractivity contribution in [1.29, 1.82) is 0 Å². The molecule has 23 heavy (non-hydrogen) atoms. The number of aryl methyl sites for hydroxylation is 2. The van der Waals surface area contributed by atoms with Gasteiger partial charge in [-0.15, -0.1) is 0 Å². The van der Waals surface area contributed by atoms with Crippen LogP contribution in [0.2, 0.25) is 0 Å². The molecule has 2 aromatic rings. The van der Waals surface area contributed by atoms with E-state index >= 15 is 0 Å². The first-order chi connectivity index (χ1) is 10.9. The number of hydrogen-bond acceptors (Lipinski definition) is 4. The molecular formula is C18H23N3O2. The number of anilines is 1. The van der Waals surface area contributed by atoms with Crippen LogP contribution in [0.15, 0.2) is 28.8 Å². The number of carbonyl (C=O) groups excluding carboxylic acids is 1. The van der Waals surface area contributed by atoms with Gasteiger partial charge in [0.25, 0.3) is 0 Å². The van der Waals surface area contributed by atoms with E-state index in [4.69, 9.17) is 4.52 Å². The third kappa shape index (κ3) is 3.00. The van der Waals surface area contributed by atoms with Crippen LogP contribution in [0.3, 0.4) is 0 Å². The Labute approximate surface area is 136 Å². The zero-order valence-electron chi connectivity index (χ0n) is 14.2. The molecule has 0 bridgehead atoms. The molecule has 0 radical (unpaired) electrons. The number of fused-ring (bicyclic) bond motifs is 1. The fourth-order valence-corrected chi connectivity index (χ4v) is 3.62. The molecule has 5 heteroatoms. The number of benzene rings is 1. The van der Waals surface area contributed by atoms with Gasteiger partial charge in [0.15, 0.2) is 5.82 Å². The Kier molecular flexibility index (Phi) is 3.96. The summed E-state index contributed by atoms with van der Waals surface area (Å²) in [6.45, 7) is 8.27. The quantitative estimate of drug-likeness (QED) is 0.868. The minimum absolute atomic E-state index is 0.102. The second kappa shape index (κ2) is 5.80. The molecule has 0 spiro atoms. The van der Waals surface area contributed by atoms with E-state index in [9.17, 15) is 4.79 Å². The molecule has 2 heterocycles. The fourth-order valence-electron chi connectivity index (χ4n) is 3.62. The largest absolute Gasteiger partial charge is 0.339 e. The van der Waals surface area contributed by atoms with Crippen LogP contribution in [-0.4, -0.2) is 21.6 Å². The smallest absolute Gasteiger partial charge is 0.228 e. The molecule has 1 aliphatic rings. The molecule has 1 unspecified atom stereocenters. The number of hydrogen-bond donors (Lipinski definition) is 0. The molecule has 122 valence electrons. The van der Waals surface area contributed by atoms with Crippen molar-refractivity contribution in [3.8, 4) is 0 Å². The van der Waals surface area contributed by atoms with E-state index < -0.39 is 0 Å². The molecule has 0 aliphatic carbocycles. The molecule has 0 saturated heterocycles. The van der Waals surface area contributed by atoms with Gasteiger partial charge in [-0.05, 0) is 44.7 Å². The summed E-state index contributed by atoms with van der Waals surface area (Å²) < 4.78 is 5.11. The normalized spacial score (nSPS) is 19.5. The molecule has 1 amide bonds. The van der Waals surface area contributed by atoms with Crippen molar-refractivity contribution in [2.75, 3.05) is 4.90 Å². The second-order valence-corrected chi connectivity index (χ2v) is 6.94. The number of amides is 1. The van der Waals surface area contributed by atoms with Crippen molar-refractivity contribution in [1.82, 2.24) is 10.1 Å². The lowest BCUT2D eigenvalue weighted by Crippen LogP contribution is -2.51. The van der Waals surface area contributed by atoms with Crippen molar-refractivity contribution >= 4 is 11.6 Å². The van der Waals surface area contributed by atoms with E-state index in [1.54, 1.807) is 6.92 Å². The van der Waals surface area contributed by atoms with Crippen molar-refractivity contribution < 1.29 is 9.32 Å². The minimum Gasteiger partial charge on any atom is -0.339 e. The van der Waals surface area contributed by atoms with Crippen LogP contribution in [0.4, 0.5) is 5.69 Å². The Morgan fingerprint density at radius 3 is 2.83 bits per heavy atom. The number of nitrogens with zero attached hydrogens (tertiary/aromatic N) is 3. The van der Waals surface area contributed by atoms with Crippen LogP contribution in [-0.2, 0) is 11.2 Å². The van der Waals surface area contributed by atoms with Crippen molar-refractivity contribution in [2.24, 2.45) is 0 Å². The summed E-state index contributed by atoms with van der Waals surface area (Å²) in [5.41, 5.74) is 2.08. The summed E-state index contributed by atoms with van der Waals surface area (Å²) in [5, 5.41) is 3.77. The van der Waals surface area contributed by atoms with Gasteiger partial charge >= 0.3 is 0 Å². The number of aromatic nitrogens is 2. The second-order valence-electron chi connectivity index (χ2n) is 6.94. The Hall–Kier alpha value is -2.17. The van der Waals surface area contributed by atoms with Gasteiger partial charge in [-0.2, -0.15) is 4.98 Å². The molecule has 0 fully saturated rings. The van der Waals surface area contributed by atoms with Gasteiger partial charge in [-0.25, -0.2) is 0 Å². The average molecular weight is 313 g/mol. The van der Waals surface area contributed by atoms with Crippen LogP contribution in [0.5, 0.6) is 0 Å². The highest BCUT2D eigenvalue weighted by Crippen LogP contribution is 2.43. The van der Waals surface area contributed by atoms with Gasteiger partial charge in [0.2, 0.25) is 11.8 Å². The predicted octanol–water partition coefficient (Wildman–Crippen LogP) is 3.63. The molecule has 0 N–H and O–H groups in total. The van der Waals surface area contributed by atoms with Crippen LogP contribution in [0.25, 0.3) is 0 Å². The highest BCUT2D eigenvalue weighted by atomic mass is 16.5. The summed E-state index contributed by atoms with van der Waals surface area (Å²) in [7, 11) is 0. The monoisotopic (exact) mass is 313 g/mol. The first kappa shape index (κ1) is 15.7. The van der Waals surface area contributed by atoms with Crippen molar-refractivity contribution in [3.05, 3.63) is 41.5 Å². The average Bonchev–Trinajstić information content (AvgIpc) is 2.90. The van der Waals surface area contributed by atoms with Gasteiger partial charge < -0.3 is 9.42 Å². The zero-order chi connectivity index (χ0) is 16.6. The summed E-state index contributed by atoms with van der Waals surface area (Å²) in [6.07, 6.45) is 1.80. The lowest BCUT2D eigenvalue weighted by atomic mass is 9.80. The maximum atomic E-state index is 12.9. The summed E-state index contributed by atoms with van der Waals surface area (Å²) >= 11 is 0. The van der Waals surface area contributed by atoms with E-state index in [-0.39, 0.29) is 11.4 Å². The Morgan fingerprint density at radius 1 is 1.39 bits per heavy atom. The van der Waals surface area contributed by atoms with E-state index in [1.807, 2.05) is 23.1 Å². The van der Waals surface area contributed by atoms with Gasteiger partial charge in [0.05, 0.1) is 0 Å². The standard InChI is InChI=1S/C18H23N3O2/c1-12-11-18(3,4)21(15-8-6-5-7-14(12)15)17(22)10-9-16-19-13(2)20-23-16/h5-8,12H,9-11H2,1-4H3. The van der Waals surface area contributed by atoms with Crippen LogP contribution < -0.4 is 4.90 Å².